The number of hydrogen-bond donors (Lipinski definition) is 1. The zero-order chi connectivity index (χ0) is 17.0. The van der Waals surface area contributed by atoms with Gasteiger partial charge >= 0.3 is 12.1 Å². The monoisotopic (exact) mass is 321 g/mol. The number of hydrogen-bond acceptors (Lipinski definition) is 4. The van der Waals surface area contributed by atoms with Crippen molar-refractivity contribution in [3.63, 3.8) is 0 Å². The highest BCUT2D eigenvalue weighted by molar-refractivity contribution is 5.81. The summed E-state index contributed by atoms with van der Waals surface area (Å²) in [5, 5.41) is 9.46. The lowest BCUT2D eigenvalue weighted by atomic mass is 10.1. The van der Waals surface area contributed by atoms with Gasteiger partial charge in [-0.1, -0.05) is 30.3 Å². The van der Waals surface area contributed by atoms with Gasteiger partial charge in [0.2, 0.25) is 0 Å². The number of benzene rings is 1. The van der Waals surface area contributed by atoms with Gasteiger partial charge in [-0.05, 0) is 32.8 Å². The number of aliphatic carboxylic acids is 1. The molecule has 0 aliphatic carbocycles. The van der Waals surface area contributed by atoms with Crippen LogP contribution in [0, 0.1) is 0 Å². The first kappa shape index (κ1) is 17.3. The number of carboxylic acids is 1. The molecule has 0 bridgehead atoms. The number of amides is 1. The Labute approximate surface area is 136 Å². The summed E-state index contributed by atoms with van der Waals surface area (Å²) in [6, 6.07) is 8.26. The summed E-state index contributed by atoms with van der Waals surface area (Å²) in [4.78, 5) is 25.0. The van der Waals surface area contributed by atoms with E-state index < -0.39 is 29.8 Å². The van der Waals surface area contributed by atoms with E-state index in [9.17, 15) is 14.7 Å². The van der Waals surface area contributed by atoms with Crippen LogP contribution in [0.4, 0.5) is 4.79 Å². The molecule has 6 nitrogen and oxygen atoms in total. The molecule has 23 heavy (non-hydrogen) atoms. The predicted octanol–water partition coefficient (Wildman–Crippen LogP) is 2.67. The van der Waals surface area contributed by atoms with Crippen molar-refractivity contribution < 1.29 is 24.2 Å². The molecule has 0 aromatic heterocycles. The van der Waals surface area contributed by atoms with E-state index in [1.165, 1.54) is 4.90 Å². The first-order valence-corrected chi connectivity index (χ1v) is 7.66. The predicted molar refractivity (Wildman–Crippen MR) is 84.0 cm³/mol. The number of ether oxygens (including phenoxy) is 2. The lowest BCUT2D eigenvalue weighted by Gasteiger charge is -2.29. The molecule has 1 heterocycles. The van der Waals surface area contributed by atoms with Crippen LogP contribution in [0.5, 0.6) is 0 Å². The topological polar surface area (TPSA) is 76.1 Å². The first-order chi connectivity index (χ1) is 10.8. The molecule has 0 saturated carbocycles. The molecular weight excluding hydrogens is 298 g/mol. The van der Waals surface area contributed by atoms with Gasteiger partial charge < -0.3 is 14.6 Å². The van der Waals surface area contributed by atoms with Crippen LogP contribution in [0.2, 0.25) is 0 Å². The molecule has 2 rings (SSSR count). The van der Waals surface area contributed by atoms with Gasteiger partial charge in [0.25, 0.3) is 0 Å². The summed E-state index contributed by atoms with van der Waals surface area (Å²) < 4.78 is 11.0. The second-order valence-corrected chi connectivity index (χ2v) is 6.57. The average molecular weight is 321 g/mol. The van der Waals surface area contributed by atoms with Crippen molar-refractivity contribution >= 4 is 12.1 Å². The molecule has 1 saturated heterocycles. The van der Waals surface area contributed by atoms with Crippen LogP contribution in [0.15, 0.2) is 30.3 Å². The third kappa shape index (κ3) is 4.69. The minimum atomic E-state index is -1.08. The fourth-order valence-electron chi connectivity index (χ4n) is 2.64. The number of nitrogens with zero attached hydrogens (tertiary/aromatic N) is 1. The Morgan fingerprint density at radius 2 is 1.91 bits per heavy atom. The van der Waals surface area contributed by atoms with Gasteiger partial charge in [-0.25, -0.2) is 9.59 Å². The second kappa shape index (κ2) is 7.00. The summed E-state index contributed by atoms with van der Waals surface area (Å²) in [6.45, 7) is 6.02. The van der Waals surface area contributed by atoms with Crippen molar-refractivity contribution in [1.82, 2.24) is 4.90 Å². The highest BCUT2D eigenvalue weighted by Gasteiger charge is 2.45. The van der Waals surface area contributed by atoms with E-state index in [-0.39, 0.29) is 6.61 Å². The molecule has 0 spiro atoms. The summed E-state index contributed by atoms with van der Waals surface area (Å²) in [7, 11) is 0. The molecule has 1 aliphatic heterocycles. The molecule has 1 aliphatic rings. The minimum Gasteiger partial charge on any atom is -0.480 e. The van der Waals surface area contributed by atoms with Crippen molar-refractivity contribution in [2.75, 3.05) is 6.54 Å². The van der Waals surface area contributed by atoms with Crippen molar-refractivity contribution in [1.29, 1.82) is 0 Å². The minimum absolute atomic E-state index is 0.118. The molecule has 1 fully saturated rings. The van der Waals surface area contributed by atoms with E-state index in [2.05, 4.69) is 0 Å². The van der Waals surface area contributed by atoms with Gasteiger partial charge in [0.15, 0.2) is 6.04 Å². The standard InChI is InChI=1S/C17H23NO5/c1-17(2,3)23-13-9-10-18(14(13)15(19)20)16(21)22-11-12-7-5-4-6-8-12/h4-8,13-14H,9-11H2,1-3H3,(H,19,20)/t13-,14-/m0/s1. The van der Waals surface area contributed by atoms with Crippen LogP contribution < -0.4 is 0 Å². The average Bonchev–Trinajstić information content (AvgIpc) is 2.87. The molecular formula is C17H23NO5. The highest BCUT2D eigenvalue weighted by atomic mass is 16.6. The van der Waals surface area contributed by atoms with E-state index >= 15 is 0 Å². The zero-order valence-corrected chi connectivity index (χ0v) is 13.7. The molecule has 1 N–H and O–H groups in total. The van der Waals surface area contributed by atoms with Crippen LogP contribution in [0.1, 0.15) is 32.8 Å². The van der Waals surface area contributed by atoms with Crippen LogP contribution in [-0.4, -0.2) is 46.4 Å². The van der Waals surface area contributed by atoms with Crippen LogP contribution in [0.3, 0.4) is 0 Å². The fraction of sp³-hybridized carbons (Fsp3) is 0.529. The van der Waals surface area contributed by atoms with Gasteiger partial charge in [0.05, 0.1) is 11.7 Å². The lowest BCUT2D eigenvalue weighted by Crippen LogP contribution is -2.47. The Morgan fingerprint density at radius 1 is 1.26 bits per heavy atom. The van der Waals surface area contributed by atoms with Crippen LogP contribution >= 0.6 is 0 Å². The van der Waals surface area contributed by atoms with E-state index in [4.69, 9.17) is 9.47 Å². The Hall–Kier alpha value is -2.08. The fourth-order valence-corrected chi connectivity index (χ4v) is 2.64. The largest absolute Gasteiger partial charge is 0.480 e. The molecule has 1 aromatic rings. The molecule has 0 radical (unpaired) electrons. The normalized spacial score (nSPS) is 21.3. The summed E-state index contributed by atoms with van der Waals surface area (Å²) >= 11 is 0. The zero-order valence-electron chi connectivity index (χ0n) is 13.7. The molecule has 1 aromatic carbocycles. The molecule has 2 atom stereocenters. The SMILES string of the molecule is CC(C)(C)O[C@H]1CCN(C(=O)OCc2ccccc2)[C@@H]1C(=O)O. The Morgan fingerprint density at radius 3 is 2.48 bits per heavy atom. The third-order valence-corrected chi connectivity index (χ3v) is 3.54. The number of carboxylic acid groups (broad SMARTS) is 1. The molecule has 1 amide bonds. The lowest BCUT2D eigenvalue weighted by molar-refractivity contribution is -0.149. The van der Waals surface area contributed by atoms with Gasteiger partial charge in [-0.2, -0.15) is 0 Å². The summed E-state index contributed by atoms with van der Waals surface area (Å²) in [6.07, 6.45) is -0.674. The smallest absolute Gasteiger partial charge is 0.410 e. The van der Waals surface area contributed by atoms with Gasteiger partial charge in [-0.15, -0.1) is 0 Å². The molecule has 0 unspecified atom stereocenters. The highest BCUT2D eigenvalue weighted by Crippen LogP contribution is 2.26. The van der Waals surface area contributed by atoms with E-state index in [1.54, 1.807) is 0 Å². The first-order valence-electron chi connectivity index (χ1n) is 7.66. The third-order valence-electron chi connectivity index (χ3n) is 3.54. The van der Waals surface area contributed by atoms with Crippen LogP contribution in [0.25, 0.3) is 0 Å². The van der Waals surface area contributed by atoms with Crippen molar-refractivity contribution in [2.45, 2.75) is 51.5 Å². The van der Waals surface area contributed by atoms with Gasteiger partial charge in [0, 0.05) is 6.54 Å². The van der Waals surface area contributed by atoms with E-state index in [0.717, 1.165) is 5.56 Å². The summed E-state index contributed by atoms with van der Waals surface area (Å²) in [5.41, 5.74) is 0.386. The maximum absolute atomic E-state index is 12.2. The Bertz CT molecular complexity index is 552. The number of carbonyl (C=O) groups excluding carboxylic acids is 1. The van der Waals surface area contributed by atoms with E-state index in [0.29, 0.717) is 13.0 Å². The second-order valence-electron chi connectivity index (χ2n) is 6.57. The maximum atomic E-state index is 12.2. The van der Waals surface area contributed by atoms with Crippen molar-refractivity contribution in [2.24, 2.45) is 0 Å². The van der Waals surface area contributed by atoms with Gasteiger partial charge in [0.1, 0.15) is 6.61 Å². The quantitative estimate of drug-likeness (QED) is 0.922. The number of likely N-dealkylation sites (tertiary alicyclic amines) is 1. The van der Waals surface area contributed by atoms with E-state index in [1.807, 2.05) is 51.1 Å². The maximum Gasteiger partial charge on any atom is 0.410 e. The summed E-state index contributed by atoms with van der Waals surface area (Å²) in [5.74, 6) is -1.08. The molecule has 126 valence electrons. The van der Waals surface area contributed by atoms with Crippen molar-refractivity contribution in [3.8, 4) is 0 Å². The van der Waals surface area contributed by atoms with Crippen LogP contribution in [-0.2, 0) is 20.9 Å². The van der Waals surface area contributed by atoms with Crippen molar-refractivity contribution in [3.05, 3.63) is 35.9 Å². The number of rotatable bonds is 4. The Kier molecular flexibility index (Phi) is 5.26. The molecule has 6 heteroatoms. The van der Waals surface area contributed by atoms with Gasteiger partial charge in [-0.3, -0.25) is 4.90 Å². The Balaban J connectivity index is 2.00. The number of carbonyl (C=O) groups is 2.